The zero-order valence-corrected chi connectivity index (χ0v) is 14.9. The van der Waals surface area contributed by atoms with E-state index in [0.717, 1.165) is 38.6 Å². The van der Waals surface area contributed by atoms with Crippen LogP contribution in [0.25, 0.3) is 0 Å². The van der Waals surface area contributed by atoms with E-state index in [0.29, 0.717) is 19.6 Å². The Morgan fingerprint density at radius 2 is 1.13 bits per heavy atom. The molecule has 0 aromatic carbocycles. The summed E-state index contributed by atoms with van der Waals surface area (Å²) < 4.78 is 5.21. The molecule has 0 aromatic heterocycles. The van der Waals surface area contributed by atoms with Crippen molar-refractivity contribution in [3.63, 3.8) is 0 Å². The van der Waals surface area contributed by atoms with Crippen molar-refractivity contribution in [3.05, 3.63) is 0 Å². The summed E-state index contributed by atoms with van der Waals surface area (Å²) in [6.45, 7) is 1.97. The summed E-state index contributed by atoms with van der Waals surface area (Å²) in [6.07, 6.45) is 14.8. The Bertz CT molecular complexity index is 263. The molecular weight excluding hydrogens is 290 g/mol. The summed E-state index contributed by atoms with van der Waals surface area (Å²) in [6, 6.07) is -0.485. The van der Waals surface area contributed by atoms with Crippen LogP contribution < -0.4 is 17.2 Å². The maximum Gasteiger partial charge on any atom is 0.322 e. The third-order valence-electron chi connectivity index (χ3n) is 4.11. The Morgan fingerprint density at radius 1 is 0.696 bits per heavy atom. The number of hydrogen-bond acceptors (Lipinski definition) is 5. The van der Waals surface area contributed by atoms with Crippen molar-refractivity contribution in [2.24, 2.45) is 17.2 Å². The molecule has 0 saturated heterocycles. The lowest BCUT2D eigenvalue weighted by molar-refractivity contribution is -0.145. The minimum atomic E-state index is -0.485. The van der Waals surface area contributed by atoms with Crippen LogP contribution in [0.3, 0.4) is 0 Å². The zero-order valence-electron chi connectivity index (χ0n) is 14.9. The lowest BCUT2D eigenvalue weighted by atomic mass is 10.1. The summed E-state index contributed by atoms with van der Waals surface area (Å²) in [4.78, 5) is 11.6. The highest BCUT2D eigenvalue weighted by atomic mass is 16.5. The van der Waals surface area contributed by atoms with Crippen molar-refractivity contribution in [2.75, 3.05) is 19.7 Å². The van der Waals surface area contributed by atoms with Crippen LogP contribution in [0.4, 0.5) is 0 Å². The van der Waals surface area contributed by atoms with Gasteiger partial charge in [-0.15, -0.1) is 0 Å². The molecule has 23 heavy (non-hydrogen) atoms. The number of nitrogens with two attached hydrogens (primary N) is 3. The van der Waals surface area contributed by atoms with E-state index in [4.69, 9.17) is 21.9 Å². The number of unbranched alkanes of at least 4 members (excludes halogenated alkanes) is 10. The van der Waals surface area contributed by atoms with Crippen LogP contribution in [0.1, 0.15) is 83.5 Å². The molecule has 0 heterocycles. The lowest BCUT2D eigenvalue weighted by Crippen LogP contribution is -2.32. The van der Waals surface area contributed by atoms with Gasteiger partial charge in [-0.3, -0.25) is 4.79 Å². The quantitative estimate of drug-likeness (QED) is 0.281. The third kappa shape index (κ3) is 16.0. The van der Waals surface area contributed by atoms with Gasteiger partial charge in [0.15, 0.2) is 0 Å². The molecule has 0 spiro atoms. The molecule has 138 valence electrons. The number of carbonyl (C=O) groups is 1. The van der Waals surface area contributed by atoms with Crippen molar-refractivity contribution in [1.29, 1.82) is 0 Å². The molecule has 0 aromatic rings. The van der Waals surface area contributed by atoms with Crippen LogP contribution >= 0.6 is 0 Å². The number of hydrogen-bond donors (Lipinski definition) is 3. The molecule has 5 nitrogen and oxygen atoms in total. The summed E-state index contributed by atoms with van der Waals surface area (Å²) >= 11 is 0. The van der Waals surface area contributed by atoms with Crippen LogP contribution in [0, 0.1) is 0 Å². The average Bonchev–Trinajstić information content (AvgIpc) is 2.55. The molecule has 5 heteroatoms. The smallest absolute Gasteiger partial charge is 0.322 e. The van der Waals surface area contributed by atoms with Crippen LogP contribution in [0.15, 0.2) is 0 Å². The standard InChI is InChI=1S/C18H39N3O2/c19-14-10-7-5-3-1-2-4-6-8-12-16-23-18(22)17(21)13-9-11-15-20/h17H,1-16,19-21H2/t17-/m0/s1. The van der Waals surface area contributed by atoms with Crippen LogP contribution in [0.2, 0.25) is 0 Å². The average molecular weight is 330 g/mol. The van der Waals surface area contributed by atoms with Crippen LogP contribution in [0.5, 0.6) is 0 Å². The molecule has 6 N–H and O–H groups in total. The molecule has 0 aliphatic rings. The second-order valence-electron chi connectivity index (χ2n) is 6.38. The van der Waals surface area contributed by atoms with Gasteiger partial charge >= 0.3 is 5.97 Å². The van der Waals surface area contributed by atoms with E-state index in [1.54, 1.807) is 0 Å². The summed E-state index contributed by atoms with van der Waals surface area (Å²) in [7, 11) is 0. The molecule has 0 unspecified atom stereocenters. The Balaban J connectivity index is 3.24. The van der Waals surface area contributed by atoms with Gasteiger partial charge in [0.25, 0.3) is 0 Å². The summed E-state index contributed by atoms with van der Waals surface area (Å²) in [5.74, 6) is -0.264. The van der Waals surface area contributed by atoms with E-state index in [1.807, 2.05) is 0 Å². The Kier molecular flexibility index (Phi) is 17.2. The maximum absolute atomic E-state index is 11.6. The van der Waals surface area contributed by atoms with Gasteiger partial charge in [0.05, 0.1) is 6.61 Å². The normalized spacial score (nSPS) is 12.3. The van der Waals surface area contributed by atoms with Gasteiger partial charge in [-0.1, -0.05) is 57.8 Å². The zero-order chi connectivity index (χ0) is 17.2. The molecule has 0 radical (unpaired) electrons. The fraction of sp³-hybridized carbons (Fsp3) is 0.944. The van der Waals surface area contributed by atoms with Crippen LogP contribution in [-0.2, 0) is 9.53 Å². The van der Waals surface area contributed by atoms with E-state index in [-0.39, 0.29) is 5.97 Å². The number of esters is 1. The van der Waals surface area contributed by atoms with Gasteiger partial charge in [0, 0.05) is 0 Å². The number of ether oxygens (including phenoxy) is 1. The van der Waals surface area contributed by atoms with E-state index in [1.165, 1.54) is 44.9 Å². The van der Waals surface area contributed by atoms with Gasteiger partial charge in [0.2, 0.25) is 0 Å². The first-order valence-corrected chi connectivity index (χ1v) is 9.54. The molecule has 0 amide bonds. The fourth-order valence-corrected chi connectivity index (χ4v) is 2.57. The van der Waals surface area contributed by atoms with E-state index in [2.05, 4.69) is 0 Å². The van der Waals surface area contributed by atoms with E-state index in [9.17, 15) is 4.79 Å². The van der Waals surface area contributed by atoms with Gasteiger partial charge in [-0.25, -0.2) is 0 Å². The molecule has 0 saturated carbocycles. The second kappa shape index (κ2) is 17.7. The predicted molar refractivity (Wildman–Crippen MR) is 97.1 cm³/mol. The lowest BCUT2D eigenvalue weighted by Gasteiger charge is -2.11. The third-order valence-corrected chi connectivity index (χ3v) is 4.11. The van der Waals surface area contributed by atoms with Gasteiger partial charge in [-0.2, -0.15) is 0 Å². The topological polar surface area (TPSA) is 104 Å². The first kappa shape index (κ1) is 22.4. The monoisotopic (exact) mass is 329 g/mol. The number of rotatable bonds is 17. The van der Waals surface area contributed by atoms with Crippen molar-refractivity contribution < 1.29 is 9.53 Å². The number of carbonyl (C=O) groups excluding carboxylic acids is 1. The van der Waals surface area contributed by atoms with Crippen LogP contribution in [-0.4, -0.2) is 31.7 Å². The Labute approximate surface area is 142 Å². The maximum atomic E-state index is 11.6. The van der Waals surface area contributed by atoms with Crippen molar-refractivity contribution in [3.8, 4) is 0 Å². The highest BCUT2D eigenvalue weighted by Gasteiger charge is 2.13. The van der Waals surface area contributed by atoms with Crippen molar-refractivity contribution in [2.45, 2.75) is 89.5 Å². The van der Waals surface area contributed by atoms with Crippen molar-refractivity contribution in [1.82, 2.24) is 0 Å². The Hall–Kier alpha value is -0.650. The first-order valence-electron chi connectivity index (χ1n) is 9.54. The molecule has 1 atom stereocenters. The molecular formula is C18H39N3O2. The van der Waals surface area contributed by atoms with E-state index >= 15 is 0 Å². The molecule has 0 rings (SSSR count). The molecule has 0 bridgehead atoms. The van der Waals surface area contributed by atoms with Gasteiger partial charge in [0.1, 0.15) is 6.04 Å². The van der Waals surface area contributed by atoms with Crippen molar-refractivity contribution >= 4 is 5.97 Å². The summed E-state index contributed by atoms with van der Waals surface area (Å²) in [5.41, 5.74) is 16.7. The van der Waals surface area contributed by atoms with Gasteiger partial charge in [-0.05, 0) is 38.8 Å². The predicted octanol–water partition coefficient (Wildman–Crippen LogP) is 2.85. The molecule has 0 fully saturated rings. The fourth-order valence-electron chi connectivity index (χ4n) is 2.57. The highest BCUT2D eigenvalue weighted by molar-refractivity contribution is 5.75. The minimum Gasteiger partial charge on any atom is -0.465 e. The second-order valence-corrected chi connectivity index (χ2v) is 6.38. The minimum absolute atomic E-state index is 0.264. The SMILES string of the molecule is NCCCCCCCCCCCCOC(=O)[C@@H](N)CCCCN. The first-order chi connectivity index (χ1) is 11.2. The molecule has 0 aliphatic carbocycles. The van der Waals surface area contributed by atoms with Gasteiger partial charge < -0.3 is 21.9 Å². The van der Waals surface area contributed by atoms with E-state index < -0.39 is 6.04 Å². The molecule has 0 aliphatic heterocycles. The summed E-state index contributed by atoms with van der Waals surface area (Å²) in [5, 5.41) is 0. The highest BCUT2D eigenvalue weighted by Crippen LogP contribution is 2.10. The largest absolute Gasteiger partial charge is 0.465 e. The Morgan fingerprint density at radius 3 is 1.65 bits per heavy atom.